The molecule has 4 nitrogen and oxygen atoms in total. The van der Waals surface area contributed by atoms with Crippen molar-refractivity contribution < 1.29 is 0 Å². The first-order chi connectivity index (χ1) is 10.3. The van der Waals surface area contributed by atoms with Crippen LogP contribution in [0.5, 0.6) is 0 Å². The standard InChI is InChI=1S/C16H18N4S/c1-3-8-17-11(2)15-19-20-16(21-15)13-6-7-14-12(10-13)5-4-9-18-14/h4-7,9-11,17H,3,8H2,1-2H3. The average molecular weight is 298 g/mol. The molecule has 0 aliphatic carbocycles. The van der Waals surface area contributed by atoms with Crippen LogP contribution in [0.3, 0.4) is 0 Å². The summed E-state index contributed by atoms with van der Waals surface area (Å²) in [5, 5.41) is 15.2. The Morgan fingerprint density at radius 3 is 3.00 bits per heavy atom. The molecule has 3 rings (SSSR count). The molecule has 108 valence electrons. The normalized spacial score (nSPS) is 12.7. The highest BCUT2D eigenvalue weighted by atomic mass is 32.1. The van der Waals surface area contributed by atoms with Crippen LogP contribution in [0.2, 0.25) is 0 Å². The first-order valence-electron chi connectivity index (χ1n) is 7.20. The van der Waals surface area contributed by atoms with Crippen LogP contribution in [-0.4, -0.2) is 21.7 Å². The molecule has 0 saturated heterocycles. The van der Waals surface area contributed by atoms with E-state index in [1.165, 1.54) is 0 Å². The fraction of sp³-hybridized carbons (Fsp3) is 0.312. The smallest absolute Gasteiger partial charge is 0.147 e. The van der Waals surface area contributed by atoms with E-state index in [1.807, 2.05) is 18.3 Å². The molecule has 1 atom stereocenters. The van der Waals surface area contributed by atoms with E-state index < -0.39 is 0 Å². The number of hydrogen-bond acceptors (Lipinski definition) is 5. The van der Waals surface area contributed by atoms with E-state index in [0.29, 0.717) is 0 Å². The number of nitrogens with zero attached hydrogens (tertiary/aromatic N) is 3. The molecule has 0 aliphatic rings. The first kappa shape index (κ1) is 14.1. The summed E-state index contributed by atoms with van der Waals surface area (Å²) in [6.07, 6.45) is 2.93. The molecule has 1 N–H and O–H groups in total. The Kier molecular flexibility index (Phi) is 4.22. The van der Waals surface area contributed by atoms with E-state index in [1.54, 1.807) is 11.3 Å². The zero-order valence-corrected chi connectivity index (χ0v) is 13.0. The van der Waals surface area contributed by atoms with Gasteiger partial charge in [-0.3, -0.25) is 4.98 Å². The van der Waals surface area contributed by atoms with E-state index in [0.717, 1.165) is 39.4 Å². The number of pyridine rings is 1. The highest BCUT2D eigenvalue weighted by Crippen LogP contribution is 2.28. The van der Waals surface area contributed by atoms with Crippen molar-refractivity contribution in [1.82, 2.24) is 20.5 Å². The summed E-state index contributed by atoms with van der Waals surface area (Å²) in [7, 11) is 0. The molecule has 0 saturated carbocycles. The zero-order valence-electron chi connectivity index (χ0n) is 12.2. The molecule has 2 heterocycles. The Hall–Kier alpha value is -1.85. The molecule has 3 aromatic rings. The SMILES string of the molecule is CCCNC(C)c1nnc(-c2ccc3ncccc3c2)s1. The fourth-order valence-corrected chi connectivity index (χ4v) is 3.05. The minimum Gasteiger partial charge on any atom is -0.308 e. The summed E-state index contributed by atoms with van der Waals surface area (Å²) in [5.74, 6) is 0. The predicted molar refractivity (Wildman–Crippen MR) is 87.4 cm³/mol. The van der Waals surface area contributed by atoms with E-state index >= 15 is 0 Å². The summed E-state index contributed by atoms with van der Waals surface area (Å²) in [5.41, 5.74) is 2.10. The van der Waals surface area contributed by atoms with Gasteiger partial charge in [0.2, 0.25) is 0 Å². The lowest BCUT2D eigenvalue weighted by Gasteiger charge is -2.08. The third-order valence-electron chi connectivity index (χ3n) is 3.36. The van der Waals surface area contributed by atoms with Gasteiger partial charge in [0.05, 0.1) is 11.6 Å². The van der Waals surface area contributed by atoms with Gasteiger partial charge in [-0.25, -0.2) is 0 Å². The molecule has 1 unspecified atom stereocenters. The summed E-state index contributed by atoms with van der Waals surface area (Å²) in [4.78, 5) is 4.34. The van der Waals surface area contributed by atoms with Crippen molar-refractivity contribution in [3.63, 3.8) is 0 Å². The van der Waals surface area contributed by atoms with Crippen LogP contribution in [0.1, 0.15) is 31.3 Å². The summed E-state index contributed by atoms with van der Waals surface area (Å²) in [6.45, 7) is 5.29. The second-order valence-corrected chi connectivity index (χ2v) is 6.04. The van der Waals surface area contributed by atoms with E-state index in [4.69, 9.17) is 0 Å². The average Bonchev–Trinajstić information content (AvgIpc) is 3.02. The van der Waals surface area contributed by atoms with E-state index in [9.17, 15) is 0 Å². The van der Waals surface area contributed by atoms with Crippen LogP contribution in [-0.2, 0) is 0 Å². The maximum absolute atomic E-state index is 4.34. The van der Waals surface area contributed by atoms with Gasteiger partial charge in [0, 0.05) is 17.1 Å². The Labute approximate surface area is 128 Å². The van der Waals surface area contributed by atoms with Crippen LogP contribution in [0.15, 0.2) is 36.5 Å². The number of benzene rings is 1. The molecule has 0 fully saturated rings. The minimum absolute atomic E-state index is 0.248. The molecule has 5 heteroatoms. The lowest BCUT2D eigenvalue weighted by Crippen LogP contribution is -2.18. The number of hydrogen-bond donors (Lipinski definition) is 1. The number of fused-ring (bicyclic) bond motifs is 1. The number of nitrogens with one attached hydrogen (secondary N) is 1. The monoisotopic (exact) mass is 298 g/mol. The lowest BCUT2D eigenvalue weighted by molar-refractivity contribution is 0.564. The summed E-state index contributed by atoms with van der Waals surface area (Å²) < 4.78 is 0. The topological polar surface area (TPSA) is 50.7 Å². The van der Waals surface area contributed by atoms with Crippen LogP contribution >= 0.6 is 11.3 Å². The van der Waals surface area contributed by atoms with Crippen LogP contribution in [0.25, 0.3) is 21.5 Å². The first-order valence-corrected chi connectivity index (χ1v) is 8.01. The van der Waals surface area contributed by atoms with E-state index in [2.05, 4.69) is 52.5 Å². The number of rotatable bonds is 5. The van der Waals surface area contributed by atoms with Crippen LogP contribution in [0.4, 0.5) is 0 Å². The maximum Gasteiger partial charge on any atom is 0.147 e. The molecule has 0 aliphatic heterocycles. The van der Waals surface area contributed by atoms with Crippen molar-refractivity contribution in [3.8, 4) is 10.6 Å². The Morgan fingerprint density at radius 2 is 2.14 bits per heavy atom. The van der Waals surface area contributed by atoms with Gasteiger partial charge in [0.25, 0.3) is 0 Å². The van der Waals surface area contributed by atoms with Gasteiger partial charge in [-0.1, -0.05) is 24.3 Å². The van der Waals surface area contributed by atoms with E-state index in [-0.39, 0.29) is 6.04 Å². The Morgan fingerprint density at radius 1 is 1.24 bits per heavy atom. The Bertz CT molecular complexity index is 738. The quantitative estimate of drug-likeness (QED) is 0.778. The van der Waals surface area contributed by atoms with Crippen molar-refractivity contribution in [3.05, 3.63) is 41.5 Å². The summed E-state index contributed by atoms with van der Waals surface area (Å²) >= 11 is 1.65. The van der Waals surface area contributed by atoms with Crippen LogP contribution in [0, 0.1) is 0 Å². The van der Waals surface area contributed by atoms with Crippen molar-refractivity contribution in [2.24, 2.45) is 0 Å². The van der Waals surface area contributed by atoms with Gasteiger partial charge in [-0.05, 0) is 44.2 Å². The minimum atomic E-state index is 0.248. The zero-order chi connectivity index (χ0) is 14.7. The summed E-state index contributed by atoms with van der Waals surface area (Å²) in [6, 6.07) is 10.5. The third-order valence-corrected chi connectivity index (χ3v) is 4.52. The Balaban J connectivity index is 1.87. The molecule has 0 radical (unpaired) electrons. The van der Waals surface area contributed by atoms with Crippen molar-refractivity contribution in [1.29, 1.82) is 0 Å². The van der Waals surface area contributed by atoms with Gasteiger partial charge in [-0.15, -0.1) is 10.2 Å². The molecular weight excluding hydrogens is 280 g/mol. The molecule has 21 heavy (non-hydrogen) atoms. The van der Waals surface area contributed by atoms with Crippen molar-refractivity contribution >= 4 is 22.2 Å². The molecular formula is C16H18N4S. The van der Waals surface area contributed by atoms with Gasteiger partial charge in [0.15, 0.2) is 0 Å². The second kappa shape index (κ2) is 6.28. The third kappa shape index (κ3) is 3.09. The maximum atomic E-state index is 4.34. The highest BCUT2D eigenvalue weighted by molar-refractivity contribution is 7.14. The molecule has 0 bridgehead atoms. The molecule has 0 spiro atoms. The molecule has 2 aromatic heterocycles. The second-order valence-electron chi connectivity index (χ2n) is 5.03. The number of aromatic nitrogens is 3. The predicted octanol–water partition coefficient (Wildman–Crippen LogP) is 3.81. The largest absolute Gasteiger partial charge is 0.308 e. The van der Waals surface area contributed by atoms with Crippen molar-refractivity contribution in [2.75, 3.05) is 6.54 Å². The lowest BCUT2D eigenvalue weighted by atomic mass is 10.1. The van der Waals surface area contributed by atoms with Crippen molar-refractivity contribution in [2.45, 2.75) is 26.3 Å². The van der Waals surface area contributed by atoms with Gasteiger partial charge < -0.3 is 5.32 Å². The van der Waals surface area contributed by atoms with Gasteiger partial charge >= 0.3 is 0 Å². The molecule has 0 amide bonds. The fourth-order valence-electron chi connectivity index (χ4n) is 2.18. The van der Waals surface area contributed by atoms with Gasteiger partial charge in [0.1, 0.15) is 10.0 Å². The highest BCUT2D eigenvalue weighted by Gasteiger charge is 2.12. The van der Waals surface area contributed by atoms with Crippen LogP contribution < -0.4 is 5.32 Å². The van der Waals surface area contributed by atoms with Gasteiger partial charge in [-0.2, -0.15) is 0 Å². The molecule has 1 aromatic carbocycles.